The SMILES string of the molecule is CC1(C)c2ccccc2-c2cccc(-c3cc(-c4cc(-c5ccc(-c6ccccc6)cc5)nc(-c5ccc(-c6cccnc6)cc5)n4)cc(-c4cccc5c4C(C)(C)c4ccccc4-5)c3)c21. The highest BCUT2D eigenvalue weighted by Crippen LogP contribution is 2.55. The van der Waals surface area contributed by atoms with Crippen molar-refractivity contribution in [2.24, 2.45) is 0 Å². The second-order valence-corrected chi connectivity index (χ2v) is 18.8. The van der Waals surface area contributed by atoms with Gasteiger partial charge in [0.1, 0.15) is 0 Å². The summed E-state index contributed by atoms with van der Waals surface area (Å²) >= 11 is 0. The zero-order valence-electron chi connectivity index (χ0n) is 37.5. The third kappa shape index (κ3) is 6.45. The van der Waals surface area contributed by atoms with Crippen molar-refractivity contribution in [3.63, 3.8) is 0 Å². The molecule has 0 saturated heterocycles. The van der Waals surface area contributed by atoms with E-state index in [-0.39, 0.29) is 10.8 Å². The standard InChI is InChI=1S/C63H47N3/c1-62(2)55-24-10-8-18-51(55)53-22-12-20-49(59(53)62)46-35-47(50-21-13-23-54-52-19-9-11-25-56(52)63(3,4)60(50)54)37-48(36-46)58-38-57(43-30-26-41(27-31-43)40-15-6-5-7-16-40)65-61(66-58)44-32-28-42(29-33-44)45-17-14-34-64-39-45/h5-39H,1-4H3. The van der Waals surface area contributed by atoms with Crippen LogP contribution in [0.3, 0.4) is 0 Å². The molecule has 0 amide bonds. The smallest absolute Gasteiger partial charge is 0.160 e. The molecule has 2 aliphatic carbocycles. The molecule has 66 heavy (non-hydrogen) atoms. The molecule has 3 nitrogen and oxygen atoms in total. The minimum atomic E-state index is -0.195. The number of aromatic nitrogens is 3. The number of hydrogen-bond acceptors (Lipinski definition) is 3. The first kappa shape index (κ1) is 39.6. The molecule has 2 heterocycles. The first-order chi connectivity index (χ1) is 32.2. The predicted octanol–water partition coefficient (Wildman–Crippen LogP) is 16.2. The molecule has 0 saturated carbocycles. The molecule has 2 aromatic heterocycles. The number of benzene rings is 8. The van der Waals surface area contributed by atoms with Crippen LogP contribution in [0.5, 0.6) is 0 Å². The van der Waals surface area contributed by atoms with Gasteiger partial charge in [0.05, 0.1) is 11.4 Å². The first-order valence-corrected chi connectivity index (χ1v) is 22.9. The summed E-state index contributed by atoms with van der Waals surface area (Å²) in [6, 6.07) is 72.7. The van der Waals surface area contributed by atoms with Gasteiger partial charge in [0.2, 0.25) is 0 Å². The van der Waals surface area contributed by atoms with Gasteiger partial charge >= 0.3 is 0 Å². The van der Waals surface area contributed by atoms with E-state index in [1.54, 1.807) is 6.20 Å². The molecule has 0 radical (unpaired) electrons. The van der Waals surface area contributed by atoms with E-state index in [1.807, 2.05) is 12.3 Å². The van der Waals surface area contributed by atoms with Gasteiger partial charge in [-0.05, 0) is 119 Å². The molecule has 0 bridgehead atoms. The van der Waals surface area contributed by atoms with Crippen LogP contribution < -0.4 is 0 Å². The Morgan fingerprint density at radius 2 is 0.727 bits per heavy atom. The van der Waals surface area contributed by atoms with Crippen LogP contribution in [0.15, 0.2) is 213 Å². The third-order valence-electron chi connectivity index (χ3n) is 14.2. The molecular formula is C63H47N3. The van der Waals surface area contributed by atoms with Crippen LogP contribution in [0.2, 0.25) is 0 Å². The minimum Gasteiger partial charge on any atom is -0.264 e. The Hall–Kier alpha value is -8.01. The zero-order chi connectivity index (χ0) is 44.6. The largest absolute Gasteiger partial charge is 0.264 e. The van der Waals surface area contributed by atoms with Crippen LogP contribution in [0.4, 0.5) is 0 Å². The average molecular weight is 846 g/mol. The molecule has 3 heteroatoms. The molecule has 314 valence electrons. The van der Waals surface area contributed by atoms with Crippen molar-refractivity contribution in [2.75, 3.05) is 0 Å². The molecule has 0 atom stereocenters. The number of hydrogen-bond donors (Lipinski definition) is 0. The second-order valence-electron chi connectivity index (χ2n) is 18.8. The third-order valence-corrected chi connectivity index (χ3v) is 14.2. The maximum Gasteiger partial charge on any atom is 0.160 e. The van der Waals surface area contributed by atoms with Gasteiger partial charge in [-0.2, -0.15) is 0 Å². The van der Waals surface area contributed by atoms with Gasteiger partial charge in [0.25, 0.3) is 0 Å². The Labute approximate surface area is 387 Å². The lowest BCUT2D eigenvalue weighted by atomic mass is 9.77. The van der Waals surface area contributed by atoms with E-state index in [0.717, 1.165) is 44.8 Å². The van der Waals surface area contributed by atoms with Gasteiger partial charge in [0, 0.05) is 39.9 Å². The van der Waals surface area contributed by atoms with E-state index >= 15 is 0 Å². The first-order valence-electron chi connectivity index (χ1n) is 22.9. The van der Waals surface area contributed by atoms with Crippen LogP contribution >= 0.6 is 0 Å². The summed E-state index contributed by atoms with van der Waals surface area (Å²) in [5.41, 5.74) is 24.4. The summed E-state index contributed by atoms with van der Waals surface area (Å²) < 4.78 is 0. The zero-order valence-corrected chi connectivity index (χ0v) is 37.5. The summed E-state index contributed by atoms with van der Waals surface area (Å²) in [7, 11) is 0. The minimum absolute atomic E-state index is 0.195. The number of pyridine rings is 1. The molecule has 12 rings (SSSR count). The summed E-state index contributed by atoms with van der Waals surface area (Å²) in [6.07, 6.45) is 3.71. The quantitative estimate of drug-likeness (QED) is 0.160. The maximum atomic E-state index is 5.48. The highest BCUT2D eigenvalue weighted by molar-refractivity contribution is 5.93. The summed E-state index contributed by atoms with van der Waals surface area (Å²) in [4.78, 5) is 15.2. The van der Waals surface area contributed by atoms with E-state index in [0.29, 0.717) is 5.82 Å². The van der Waals surface area contributed by atoms with Crippen LogP contribution in [-0.2, 0) is 10.8 Å². The van der Waals surface area contributed by atoms with Crippen molar-refractivity contribution < 1.29 is 0 Å². The topological polar surface area (TPSA) is 38.7 Å². The molecule has 10 aromatic rings. The molecule has 0 N–H and O–H groups in total. The van der Waals surface area contributed by atoms with Crippen LogP contribution in [0.1, 0.15) is 49.9 Å². The Kier molecular flexibility index (Phi) is 9.19. The van der Waals surface area contributed by atoms with E-state index < -0.39 is 0 Å². The molecule has 0 aliphatic heterocycles. The van der Waals surface area contributed by atoms with E-state index in [2.05, 4.69) is 227 Å². The van der Waals surface area contributed by atoms with Gasteiger partial charge in [-0.3, -0.25) is 4.98 Å². The molecule has 0 spiro atoms. The Balaban J connectivity index is 1.08. The van der Waals surface area contributed by atoms with Gasteiger partial charge < -0.3 is 0 Å². The summed E-state index contributed by atoms with van der Waals surface area (Å²) in [5, 5.41) is 0. The lowest BCUT2D eigenvalue weighted by Crippen LogP contribution is -2.16. The maximum absolute atomic E-state index is 5.48. The lowest BCUT2D eigenvalue weighted by molar-refractivity contribution is 0.662. The molecule has 0 fully saturated rings. The van der Waals surface area contributed by atoms with Gasteiger partial charge in [-0.15, -0.1) is 0 Å². The van der Waals surface area contributed by atoms with E-state index in [1.165, 1.54) is 72.3 Å². The molecule has 0 unspecified atom stereocenters. The number of rotatable bonds is 7. The van der Waals surface area contributed by atoms with E-state index in [4.69, 9.17) is 9.97 Å². The average Bonchev–Trinajstić information content (AvgIpc) is 3.76. The fourth-order valence-corrected chi connectivity index (χ4v) is 10.9. The highest BCUT2D eigenvalue weighted by atomic mass is 14.9. The Morgan fingerprint density at radius 3 is 1.29 bits per heavy atom. The van der Waals surface area contributed by atoms with Crippen LogP contribution in [-0.4, -0.2) is 15.0 Å². The van der Waals surface area contributed by atoms with Crippen molar-refractivity contribution in [3.8, 4) is 101 Å². The normalized spacial score (nSPS) is 13.7. The summed E-state index contributed by atoms with van der Waals surface area (Å²) in [5.74, 6) is 0.675. The summed E-state index contributed by atoms with van der Waals surface area (Å²) in [6.45, 7) is 9.51. The molecular weight excluding hydrogens is 799 g/mol. The predicted molar refractivity (Wildman–Crippen MR) is 273 cm³/mol. The van der Waals surface area contributed by atoms with Crippen LogP contribution in [0, 0.1) is 0 Å². The van der Waals surface area contributed by atoms with Crippen molar-refractivity contribution in [2.45, 2.75) is 38.5 Å². The van der Waals surface area contributed by atoms with Crippen molar-refractivity contribution in [1.82, 2.24) is 15.0 Å². The highest BCUT2D eigenvalue weighted by Gasteiger charge is 2.39. The second kappa shape index (κ2) is 15.3. The fourth-order valence-electron chi connectivity index (χ4n) is 10.9. The van der Waals surface area contributed by atoms with Crippen molar-refractivity contribution in [1.29, 1.82) is 0 Å². The van der Waals surface area contributed by atoms with E-state index in [9.17, 15) is 0 Å². The molecule has 8 aromatic carbocycles. The fraction of sp³-hybridized carbons (Fsp3) is 0.0952. The Morgan fingerprint density at radius 1 is 0.303 bits per heavy atom. The van der Waals surface area contributed by atoms with Gasteiger partial charge in [0.15, 0.2) is 5.82 Å². The van der Waals surface area contributed by atoms with Gasteiger partial charge in [-0.25, -0.2) is 9.97 Å². The Bertz CT molecular complexity index is 3270. The van der Waals surface area contributed by atoms with Crippen LogP contribution in [0.25, 0.3) is 101 Å². The van der Waals surface area contributed by atoms with Crippen molar-refractivity contribution >= 4 is 0 Å². The van der Waals surface area contributed by atoms with Crippen molar-refractivity contribution in [3.05, 3.63) is 235 Å². The number of nitrogens with zero attached hydrogens (tertiary/aromatic N) is 3. The number of fused-ring (bicyclic) bond motifs is 6. The monoisotopic (exact) mass is 845 g/mol. The lowest BCUT2D eigenvalue weighted by Gasteiger charge is -2.26. The molecule has 2 aliphatic rings. The van der Waals surface area contributed by atoms with Gasteiger partial charge in [-0.1, -0.05) is 198 Å².